The molecule has 4 aromatic rings. The molecule has 0 amide bonds. The van der Waals surface area contributed by atoms with E-state index in [0.29, 0.717) is 5.56 Å². The lowest BCUT2D eigenvalue weighted by Crippen LogP contribution is -2.37. The van der Waals surface area contributed by atoms with Crippen molar-refractivity contribution in [3.63, 3.8) is 0 Å². The summed E-state index contributed by atoms with van der Waals surface area (Å²) < 4.78 is 14.1. The van der Waals surface area contributed by atoms with Crippen LogP contribution in [0.1, 0.15) is 34.9 Å². The van der Waals surface area contributed by atoms with Crippen LogP contribution in [-0.2, 0) is 15.1 Å². The first-order valence-electron chi connectivity index (χ1n) is 11.9. The van der Waals surface area contributed by atoms with E-state index in [9.17, 15) is 14.7 Å². The summed E-state index contributed by atoms with van der Waals surface area (Å²) in [7, 11) is 0. The molecule has 2 heterocycles. The van der Waals surface area contributed by atoms with Gasteiger partial charge in [-0.15, -0.1) is 0 Å². The molecular formula is C29H28N2O5. The van der Waals surface area contributed by atoms with Crippen LogP contribution in [0.5, 0.6) is 0 Å². The smallest absolute Gasteiger partial charge is 0.330 e. The monoisotopic (exact) mass is 484 g/mol. The average molecular weight is 485 g/mol. The maximum absolute atomic E-state index is 12.4. The van der Waals surface area contributed by atoms with E-state index >= 15 is 0 Å². The van der Waals surface area contributed by atoms with Gasteiger partial charge in [-0.1, -0.05) is 91.0 Å². The number of aliphatic hydroxyl groups excluding tert-OH is 1. The van der Waals surface area contributed by atoms with Gasteiger partial charge in [0.05, 0.1) is 12.7 Å². The minimum atomic E-state index is -0.929. The molecule has 1 fully saturated rings. The summed E-state index contributed by atoms with van der Waals surface area (Å²) in [6.45, 7) is 1.77. The van der Waals surface area contributed by atoms with Gasteiger partial charge in [0.25, 0.3) is 5.56 Å². The maximum Gasteiger partial charge on any atom is 0.330 e. The lowest BCUT2D eigenvalue weighted by atomic mass is 9.80. The highest BCUT2D eigenvalue weighted by atomic mass is 16.6. The van der Waals surface area contributed by atoms with Gasteiger partial charge in [-0.3, -0.25) is 14.3 Å². The molecule has 7 nitrogen and oxygen atoms in total. The Kier molecular flexibility index (Phi) is 6.69. The number of ether oxygens (including phenoxy) is 2. The van der Waals surface area contributed by atoms with Crippen molar-refractivity contribution in [2.24, 2.45) is 0 Å². The molecule has 36 heavy (non-hydrogen) atoms. The number of nitrogens with one attached hydrogen (secondary N) is 1. The molecule has 3 atom stereocenters. The lowest BCUT2D eigenvalue weighted by Gasteiger charge is -2.36. The zero-order valence-corrected chi connectivity index (χ0v) is 19.9. The Hall–Kier alpha value is -3.78. The summed E-state index contributed by atoms with van der Waals surface area (Å²) in [6.07, 6.45) is -0.619. The number of hydrogen-bond acceptors (Lipinski definition) is 5. The Balaban J connectivity index is 1.49. The molecule has 1 aliphatic heterocycles. The van der Waals surface area contributed by atoms with Gasteiger partial charge in [0.2, 0.25) is 0 Å². The van der Waals surface area contributed by atoms with E-state index in [4.69, 9.17) is 9.47 Å². The number of nitrogens with zero attached hydrogens (tertiary/aromatic N) is 1. The highest BCUT2D eigenvalue weighted by Crippen LogP contribution is 2.41. The van der Waals surface area contributed by atoms with E-state index in [1.54, 1.807) is 6.92 Å². The number of rotatable bonds is 7. The fraction of sp³-hybridized carbons (Fsp3) is 0.241. The van der Waals surface area contributed by atoms with Crippen molar-refractivity contribution in [1.82, 2.24) is 9.55 Å². The second-order valence-corrected chi connectivity index (χ2v) is 9.02. The largest absolute Gasteiger partial charge is 0.388 e. The standard InChI is InChI=1S/C29H28N2O5/c1-20-18-31(28(34)30-26(20)33)27-25(32)17-24(36-27)19-35-29(21-11-5-2-6-12-21,22-13-7-3-8-14-22)23-15-9-4-10-16-23/h2-16,18,24-25,27,32H,17,19H2,1H3,(H,30,33,34). The maximum atomic E-state index is 12.4. The third kappa shape index (κ3) is 4.44. The van der Waals surface area contributed by atoms with E-state index in [-0.39, 0.29) is 13.0 Å². The topological polar surface area (TPSA) is 93.6 Å². The minimum Gasteiger partial charge on any atom is -0.388 e. The molecule has 0 spiro atoms. The predicted octanol–water partition coefficient (Wildman–Crippen LogP) is 3.50. The highest BCUT2D eigenvalue weighted by Gasteiger charge is 2.41. The first kappa shape index (κ1) is 23.9. The van der Waals surface area contributed by atoms with E-state index in [2.05, 4.69) is 4.98 Å². The molecule has 7 heteroatoms. The van der Waals surface area contributed by atoms with Crippen molar-refractivity contribution in [2.45, 2.75) is 37.4 Å². The third-order valence-electron chi connectivity index (χ3n) is 6.61. The molecule has 5 rings (SSSR count). The van der Waals surface area contributed by atoms with Crippen LogP contribution >= 0.6 is 0 Å². The summed E-state index contributed by atoms with van der Waals surface area (Å²) in [5.41, 5.74) is 1.26. The van der Waals surface area contributed by atoms with Crippen LogP contribution in [0.25, 0.3) is 0 Å². The van der Waals surface area contributed by atoms with E-state index < -0.39 is 35.3 Å². The molecule has 0 aliphatic carbocycles. The molecule has 1 saturated heterocycles. The molecule has 184 valence electrons. The van der Waals surface area contributed by atoms with Gasteiger partial charge in [-0.05, 0) is 23.6 Å². The predicted molar refractivity (Wildman–Crippen MR) is 136 cm³/mol. The summed E-state index contributed by atoms with van der Waals surface area (Å²) in [5, 5.41) is 10.7. The molecule has 0 saturated carbocycles. The Morgan fingerprint density at radius 2 is 1.42 bits per heavy atom. The number of aromatic nitrogens is 2. The minimum absolute atomic E-state index is 0.170. The second kappa shape index (κ2) is 10.1. The third-order valence-corrected chi connectivity index (χ3v) is 6.61. The van der Waals surface area contributed by atoms with Crippen molar-refractivity contribution in [3.05, 3.63) is 140 Å². The SMILES string of the molecule is Cc1cn(C2OC(COC(c3ccccc3)(c3ccccc3)c3ccccc3)CC2O)c(=O)[nH]c1=O. The number of hydrogen-bond donors (Lipinski definition) is 2. The van der Waals surface area contributed by atoms with Crippen molar-refractivity contribution >= 4 is 0 Å². The number of aromatic amines is 1. The molecule has 3 aromatic carbocycles. The second-order valence-electron chi connectivity index (χ2n) is 9.02. The summed E-state index contributed by atoms with van der Waals surface area (Å²) >= 11 is 0. The van der Waals surface area contributed by atoms with Gasteiger partial charge in [0.15, 0.2) is 6.23 Å². The van der Waals surface area contributed by atoms with Crippen LogP contribution in [0.15, 0.2) is 107 Å². The van der Waals surface area contributed by atoms with Crippen molar-refractivity contribution in [2.75, 3.05) is 6.61 Å². The molecule has 2 N–H and O–H groups in total. The molecule has 1 aromatic heterocycles. The van der Waals surface area contributed by atoms with Gasteiger partial charge < -0.3 is 14.6 Å². The number of H-pyrrole nitrogens is 1. The summed E-state index contributed by atoms with van der Waals surface area (Å²) in [4.78, 5) is 26.4. The average Bonchev–Trinajstić information content (AvgIpc) is 3.28. The zero-order chi connectivity index (χ0) is 25.1. The number of aliphatic hydroxyl groups is 1. The fourth-order valence-electron chi connectivity index (χ4n) is 4.85. The number of benzene rings is 3. The van der Waals surface area contributed by atoms with Crippen LogP contribution in [0.3, 0.4) is 0 Å². The van der Waals surface area contributed by atoms with Crippen LogP contribution in [0, 0.1) is 6.92 Å². The van der Waals surface area contributed by atoms with Crippen LogP contribution in [0.4, 0.5) is 0 Å². The van der Waals surface area contributed by atoms with Crippen molar-refractivity contribution < 1.29 is 14.6 Å². The quantitative estimate of drug-likeness (QED) is 0.392. The Bertz CT molecular complexity index is 1320. The molecule has 1 aliphatic rings. The highest BCUT2D eigenvalue weighted by molar-refractivity contribution is 5.47. The Morgan fingerprint density at radius 1 is 0.917 bits per heavy atom. The van der Waals surface area contributed by atoms with Crippen LogP contribution in [-0.4, -0.2) is 33.5 Å². The van der Waals surface area contributed by atoms with Crippen LogP contribution < -0.4 is 11.2 Å². The van der Waals surface area contributed by atoms with Gasteiger partial charge >= 0.3 is 5.69 Å². The van der Waals surface area contributed by atoms with E-state index in [1.807, 2.05) is 91.0 Å². The molecule has 3 unspecified atom stereocenters. The Morgan fingerprint density at radius 3 is 1.92 bits per heavy atom. The molecule has 0 radical (unpaired) electrons. The zero-order valence-electron chi connectivity index (χ0n) is 19.9. The summed E-state index contributed by atoms with van der Waals surface area (Å²) in [6, 6.07) is 30.0. The summed E-state index contributed by atoms with van der Waals surface area (Å²) in [5.74, 6) is 0. The first-order chi connectivity index (χ1) is 17.5. The number of aryl methyl sites for hydroxylation is 1. The first-order valence-corrected chi connectivity index (χ1v) is 11.9. The van der Waals surface area contributed by atoms with Crippen molar-refractivity contribution in [3.8, 4) is 0 Å². The van der Waals surface area contributed by atoms with Crippen LogP contribution in [0.2, 0.25) is 0 Å². The van der Waals surface area contributed by atoms with Crippen molar-refractivity contribution in [1.29, 1.82) is 0 Å². The fourth-order valence-corrected chi connectivity index (χ4v) is 4.85. The molecular weight excluding hydrogens is 456 g/mol. The van der Waals surface area contributed by atoms with Gasteiger partial charge in [-0.25, -0.2) is 4.79 Å². The lowest BCUT2D eigenvalue weighted by molar-refractivity contribution is -0.0876. The normalized spacial score (nSPS) is 19.9. The van der Waals surface area contributed by atoms with E-state index in [0.717, 1.165) is 16.7 Å². The van der Waals surface area contributed by atoms with Gasteiger partial charge in [0, 0.05) is 18.2 Å². The molecule has 0 bridgehead atoms. The van der Waals surface area contributed by atoms with E-state index in [1.165, 1.54) is 10.8 Å². The van der Waals surface area contributed by atoms with Gasteiger partial charge in [0.1, 0.15) is 11.7 Å². The Labute approximate surface area is 208 Å². The van der Waals surface area contributed by atoms with Gasteiger partial charge in [-0.2, -0.15) is 0 Å².